The van der Waals surface area contributed by atoms with Crippen LogP contribution in [0.3, 0.4) is 0 Å². The molecule has 0 fully saturated rings. The largest absolute Gasteiger partial charge is 0.504 e. The molecule has 5 N–H and O–H groups in total. The summed E-state index contributed by atoms with van der Waals surface area (Å²) < 4.78 is 25.1. The summed E-state index contributed by atoms with van der Waals surface area (Å²) in [7, 11) is 0. The Balaban J connectivity index is 1.07. The van der Waals surface area contributed by atoms with Gasteiger partial charge < -0.3 is 44.5 Å². The monoisotopic (exact) mass is 642 g/mol. The van der Waals surface area contributed by atoms with Crippen LogP contribution in [0, 0.1) is 0 Å². The maximum atomic E-state index is 10.5. The standard InChI is InChI=1S/C36H50O10/c37-27-21-23(22-28(38)33(27)42)29-17-14-24-34(44-29)26-16-19-32(46-36(26)25-15-18-31(41)45-35(24)25)43-20-12-10-8-6-4-2-1-3-5-7-9-11-13-30(39)40/h21-22,29,31-32,37-38,41-42H,1-20H2,(H,39,40)/t29-,31?,32?/m0/s1. The van der Waals surface area contributed by atoms with E-state index >= 15 is 0 Å². The van der Waals surface area contributed by atoms with Crippen molar-refractivity contribution >= 4 is 5.97 Å². The molecule has 2 aromatic rings. The molecule has 10 heteroatoms. The molecule has 3 heterocycles. The first-order valence-electron chi connectivity index (χ1n) is 17.3. The second-order valence-electron chi connectivity index (χ2n) is 12.9. The second kappa shape index (κ2) is 16.5. The number of hydrogen-bond donors (Lipinski definition) is 5. The van der Waals surface area contributed by atoms with Crippen LogP contribution in [-0.4, -0.2) is 50.7 Å². The number of unbranched alkanes of at least 4 members (excludes halogenated alkanes) is 11. The first-order valence-corrected chi connectivity index (χ1v) is 17.3. The maximum Gasteiger partial charge on any atom is 0.303 e. The van der Waals surface area contributed by atoms with Crippen LogP contribution >= 0.6 is 0 Å². The van der Waals surface area contributed by atoms with Gasteiger partial charge >= 0.3 is 5.97 Å². The molecule has 2 aromatic carbocycles. The van der Waals surface area contributed by atoms with Gasteiger partial charge in [-0.2, -0.15) is 0 Å². The van der Waals surface area contributed by atoms with Crippen molar-refractivity contribution in [3.63, 3.8) is 0 Å². The summed E-state index contributed by atoms with van der Waals surface area (Å²) in [4.78, 5) is 10.5. The zero-order chi connectivity index (χ0) is 32.5. The minimum absolute atomic E-state index is 0.290. The lowest BCUT2D eigenvalue weighted by Crippen LogP contribution is -2.31. The van der Waals surface area contributed by atoms with Gasteiger partial charge in [0, 0.05) is 36.0 Å². The Morgan fingerprint density at radius 3 is 1.78 bits per heavy atom. The molecule has 3 atom stereocenters. The molecule has 5 rings (SSSR count). The van der Waals surface area contributed by atoms with E-state index in [2.05, 4.69) is 0 Å². The number of rotatable bonds is 17. The Morgan fingerprint density at radius 2 is 1.17 bits per heavy atom. The molecule has 3 aliphatic heterocycles. The minimum Gasteiger partial charge on any atom is -0.504 e. The Bertz CT molecular complexity index is 1300. The SMILES string of the molecule is O=C(O)CCCCCCCCCCCCCCOC1CCc2c(c3c(c4c2O[C@H](c2cc(O)c(O)c(O)c2)CC4)OC(O)CC3)O1. The number of carbonyl (C=O) groups is 1. The molecule has 46 heavy (non-hydrogen) atoms. The van der Waals surface area contributed by atoms with Gasteiger partial charge in [0.05, 0.1) is 6.61 Å². The van der Waals surface area contributed by atoms with Crippen molar-refractivity contribution in [2.75, 3.05) is 6.61 Å². The smallest absolute Gasteiger partial charge is 0.303 e. The van der Waals surface area contributed by atoms with Gasteiger partial charge in [0.15, 0.2) is 29.8 Å². The van der Waals surface area contributed by atoms with Crippen LogP contribution in [0.2, 0.25) is 0 Å². The summed E-state index contributed by atoms with van der Waals surface area (Å²) in [5, 5.41) is 48.9. The summed E-state index contributed by atoms with van der Waals surface area (Å²) >= 11 is 0. The molecule has 3 aliphatic rings. The Hall–Kier alpha value is -3.37. The van der Waals surface area contributed by atoms with Crippen molar-refractivity contribution in [2.24, 2.45) is 0 Å². The van der Waals surface area contributed by atoms with Crippen molar-refractivity contribution < 1.29 is 49.3 Å². The number of fused-ring (bicyclic) bond motifs is 6. The predicted molar refractivity (Wildman–Crippen MR) is 171 cm³/mol. The molecule has 0 saturated heterocycles. The summed E-state index contributed by atoms with van der Waals surface area (Å²) in [6.45, 7) is 0.636. The van der Waals surface area contributed by atoms with Crippen molar-refractivity contribution in [1.29, 1.82) is 0 Å². The van der Waals surface area contributed by atoms with Crippen LogP contribution < -0.4 is 14.2 Å². The van der Waals surface area contributed by atoms with Crippen LogP contribution in [0.1, 0.15) is 131 Å². The van der Waals surface area contributed by atoms with E-state index < -0.39 is 35.6 Å². The molecule has 254 valence electrons. The molecule has 0 aliphatic carbocycles. The van der Waals surface area contributed by atoms with Crippen molar-refractivity contribution in [3.8, 4) is 34.5 Å². The number of aliphatic hydroxyl groups excluding tert-OH is 1. The molecule has 0 spiro atoms. The van der Waals surface area contributed by atoms with E-state index in [-0.39, 0.29) is 6.29 Å². The summed E-state index contributed by atoms with van der Waals surface area (Å²) in [6, 6.07) is 2.82. The number of aliphatic carboxylic acids is 1. The molecular weight excluding hydrogens is 592 g/mol. The van der Waals surface area contributed by atoms with Gasteiger partial charge in [0.2, 0.25) is 0 Å². The quantitative estimate of drug-likeness (QED) is 0.0874. The average molecular weight is 643 g/mol. The number of benzene rings is 2. The molecule has 0 aromatic heterocycles. The van der Waals surface area contributed by atoms with Crippen molar-refractivity contribution in [1.82, 2.24) is 0 Å². The van der Waals surface area contributed by atoms with Gasteiger partial charge in [-0.15, -0.1) is 0 Å². The van der Waals surface area contributed by atoms with E-state index in [1.807, 2.05) is 0 Å². The number of ether oxygens (including phenoxy) is 4. The number of carboxylic acid groups (broad SMARTS) is 1. The predicted octanol–water partition coefficient (Wildman–Crippen LogP) is 7.34. The fraction of sp³-hybridized carbons (Fsp3) is 0.639. The number of aliphatic hydroxyl groups is 1. The van der Waals surface area contributed by atoms with Crippen LogP contribution in [0.5, 0.6) is 34.5 Å². The average Bonchev–Trinajstić information content (AvgIpc) is 3.04. The molecule has 0 bridgehead atoms. The molecule has 0 amide bonds. The van der Waals surface area contributed by atoms with Crippen molar-refractivity contribution in [2.45, 2.75) is 141 Å². The van der Waals surface area contributed by atoms with Gasteiger partial charge in [-0.25, -0.2) is 0 Å². The second-order valence-corrected chi connectivity index (χ2v) is 12.9. The van der Waals surface area contributed by atoms with Gasteiger partial charge in [-0.05, 0) is 56.2 Å². The zero-order valence-corrected chi connectivity index (χ0v) is 26.8. The van der Waals surface area contributed by atoms with Gasteiger partial charge in [-0.3, -0.25) is 4.79 Å². The maximum absolute atomic E-state index is 10.5. The minimum atomic E-state index is -0.893. The fourth-order valence-electron chi connectivity index (χ4n) is 6.88. The van der Waals surface area contributed by atoms with E-state index in [1.54, 1.807) is 0 Å². The topological polar surface area (TPSA) is 155 Å². The van der Waals surface area contributed by atoms with Crippen LogP contribution in [-0.2, 0) is 28.8 Å². The molecule has 2 unspecified atom stereocenters. The van der Waals surface area contributed by atoms with Crippen LogP contribution in [0.4, 0.5) is 0 Å². The molecule has 0 radical (unpaired) electrons. The summed E-state index contributed by atoms with van der Waals surface area (Å²) in [5.41, 5.74) is 3.38. The third-order valence-electron chi connectivity index (χ3n) is 9.39. The van der Waals surface area contributed by atoms with E-state index in [1.165, 1.54) is 57.1 Å². The molecule has 10 nitrogen and oxygen atoms in total. The highest BCUT2D eigenvalue weighted by Crippen LogP contribution is 2.53. The number of aromatic hydroxyl groups is 3. The highest BCUT2D eigenvalue weighted by molar-refractivity contribution is 5.66. The zero-order valence-electron chi connectivity index (χ0n) is 26.8. The van der Waals surface area contributed by atoms with E-state index in [4.69, 9.17) is 24.1 Å². The van der Waals surface area contributed by atoms with E-state index in [0.717, 1.165) is 48.8 Å². The highest BCUT2D eigenvalue weighted by Gasteiger charge is 2.38. The normalized spacial score (nSPS) is 20.1. The lowest BCUT2D eigenvalue weighted by molar-refractivity contribution is -0.137. The Kier molecular flexibility index (Phi) is 12.2. The van der Waals surface area contributed by atoms with Crippen LogP contribution in [0.25, 0.3) is 0 Å². The lowest BCUT2D eigenvalue weighted by atomic mass is 9.87. The number of hydrogen-bond acceptors (Lipinski definition) is 9. The van der Waals surface area contributed by atoms with Crippen molar-refractivity contribution in [3.05, 3.63) is 34.4 Å². The number of carboxylic acids is 1. The summed E-state index contributed by atoms with van der Waals surface area (Å²) in [5.74, 6) is -0.0466. The number of phenolic OH excluding ortho intramolecular Hbond substituents is 3. The van der Waals surface area contributed by atoms with Gasteiger partial charge in [-0.1, -0.05) is 64.2 Å². The van der Waals surface area contributed by atoms with Gasteiger partial charge in [0.1, 0.15) is 23.4 Å². The molecule has 0 saturated carbocycles. The van der Waals surface area contributed by atoms with E-state index in [9.17, 15) is 25.2 Å². The first-order chi connectivity index (χ1) is 22.3. The first kappa shape index (κ1) is 34.0. The Morgan fingerprint density at radius 1 is 0.674 bits per heavy atom. The summed E-state index contributed by atoms with van der Waals surface area (Å²) in [6.07, 6.45) is 16.0. The van der Waals surface area contributed by atoms with E-state index in [0.29, 0.717) is 74.4 Å². The van der Waals surface area contributed by atoms with Crippen LogP contribution in [0.15, 0.2) is 12.1 Å². The highest BCUT2D eigenvalue weighted by atomic mass is 16.7. The fourth-order valence-corrected chi connectivity index (χ4v) is 6.88. The lowest BCUT2D eigenvalue weighted by Gasteiger charge is -2.37. The third kappa shape index (κ3) is 8.70. The van der Waals surface area contributed by atoms with Gasteiger partial charge in [0.25, 0.3) is 0 Å². The Labute approximate surface area is 271 Å². The molecular formula is C36H50O10. The number of phenols is 3. The third-order valence-corrected chi connectivity index (χ3v) is 9.39.